The molecule has 0 unspecified atom stereocenters. The molecule has 0 aliphatic carbocycles. The van der Waals surface area contributed by atoms with Gasteiger partial charge < -0.3 is 15.0 Å². The van der Waals surface area contributed by atoms with Gasteiger partial charge in [-0.15, -0.1) is 0 Å². The average molecular weight is 298 g/mol. The molecule has 4 heteroatoms. The molecule has 2 aromatic carbocycles. The van der Waals surface area contributed by atoms with Crippen molar-refractivity contribution >= 4 is 17.3 Å². The van der Waals surface area contributed by atoms with Crippen LogP contribution >= 0.6 is 0 Å². The van der Waals surface area contributed by atoms with Crippen molar-refractivity contribution in [2.75, 3.05) is 30.4 Å². The van der Waals surface area contributed by atoms with Gasteiger partial charge in [-0.25, -0.2) is 0 Å². The Hall–Kier alpha value is -2.49. The maximum Gasteiger partial charge on any atom is 0.243 e. The molecule has 22 heavy (non-hydrogen) atoms. The molecule has 1 N–H and O–H groups in total. The molecule has 0 saturated carbocycles. The first-order valence-electron chi connectivity index (χ1n) is 7.48. The second-order valence-corrected chi connectivity index (χ2v) is 5.08. The Kier molecular flexibility index (Phi) is 5.83. The predicted molar refractivity (Wildman–Crippen MR) is 90.6 cm³/mol. The molecule has 0 heterocycles. The number of anilines is 2. The minimum absolute atomic E-state index is 0.0705. The first kappa shape index (κ1) is 15.9. The first-order valence-corrected chi connectivity index (χ1v) is 7.48. The van der Waals surface area contributed by atoms with Crippen LogP contribution in [0.3, 0.4) is 0 Å². The first-order chi connectivity index (χ1) is 10.7. The molecule has 0 aromatic heterocycles. The summed E-state index contributed by atoms with van der Waals surface area (Å²) < 4.78 is 5.65. The van der Waals surface area contributed by atoms with E-state index in [1.165, 1.54) is 0 Å². The normalized spacial score (nSPS) is 10.1. The average Bonchev–Trinajstić information content (AvgIpc) is 2.54. The molecule has 0 aliphatic heterocycles. The topological polar surface area (TPSA) is 41.6 Å². The van der Waals surface area contributed by atoms with Gasteiger partial charge in [0.2, 0.25) is 5.91 Å². The number of nitrogens with zero attached hydrogens (tertiary/aromatic N) is 1. The molecule has 0 saturated heterocycles. The Morgan fingerprint density at radius 1 is 1.09 bits per heavy atom. The highest BCUT2D eigenvalue weighted by Crippen LogP contribution is 2.24. The third kappa shape index (κ3) is 4.52. The molecule has 116 valence electrons. The lowest BCUT2D eigenvalue weighted by Gasteiger charge is -2.19. The van der Waals surface area contributed by atoms with Crippen molar-refractivity contribution < 1.29 is 9.53 Å². The molecular formula is C18H22N2O2. The summed E-state index contributed by atoms with van der Waals surface area (Å²) in [4.78, 5) is 14.1. The van der Waals surface area contributed by atoms with E-state index in [1.54, 1.807) is 0 Å². The number of amides is 1. The Morgan fingerprint density at radius 3 is 2.50 bits per heavy atom. The molecule has 0 fully saturated rings. The fourth-order valence-electron chi connectivity index (χ4n) is 2.09. The Labute approximate surface area is 131 Å². The number of benzene rings is 2. The van der Waals surface area contributed by atoms with E-state index in [9.17, 15) is 4.79 Å². The highest BCUT2D eigenvalue weighted by atomic mass is 16.5. The van der Waals surface area contributed by atoms with Crippen molar-refractivity contribution in [3.63, 3.8) is 0 Å². The maximum atomic E-state index is 12.2. The number of likely N-dealkylation sites (N-methyl/N-ethyl adjacent to an activating group) is 1. The zero-order valence-corrected chi connectivity index (χ0v) is 13.1. The molecule has 0 atom stereocenters. The lowest BCUT2D eigenvalue weighted by atomic mass is 10.2. The van der Waals surface area contributed by atoms with Crippen molar-refractivity contribution in [1.82, 2.24) is 0 Å². The van der Waals surface area contributed by atoms with E-state index in [0.717, 1.165) is 12.1 Å². The van der Waals surface area contributed by atoms with Crippen molar-refractivity contribution in [1.29, 1.82) is 0 Å². The van der Waals surface area contributed by atoms with Crippen LogP contribution in [-0.4, -0.2) is 26.1 Å². The van der Waals surface area contributed by atoms with Crippen LogP contribution in [0.25, 0.3) is 0 Å². The number of rotatable bonds is 7. The fraction of sp³-hybridized carbons (Fsp3) is 0.278. The smallest absolute Gasteiger partial charge is 0.243 e. The van der Waals surface area contributed by atoms with Gasteiger partial charge in [-0.05, 0) is 30.7 Å². The largest absolute Gasteiger partial charge is 0.491 e. The molecule has 1 amide bonds. The van der Waals surface area contributed by atoms with Gasteiger partial charge >= 0.3 is 0 Å². The van der Waals surface area contributed by atoms with Gasteiger partial charge in [0.15, 0.2) is 0 Å². The van der Waals surface area contributed by atoms with Gasteiger partial charge in [0.25, 0.3) is 0 Å². The number of hydrogen-bond acceptors (Lipinski definition) is 3. The number of carbonyl (C=O) groups excluding carboxylic acids is 1. The Bertz CT molecular complexity index is 599. The number of hydrogen-bond donors (Lipinski definition) is 1. The van der Waals surface area contributed by atoms with Crippen LogP contribution < -0.4 is 15.0 Å². The van der Waals surface area contributed by atoms with Crippen LogP contribution in [0.4, 0.5) is 11.4 Å². The van der Waals surface area contributed by atoms with E-state index in [2.05, 4.69) is 12.2 Å². The monoisotopic (exact) mass is 298 g/mol. The number of ether oxygens (including phenoxy) is 1. The van der Waals surface area contributed by atoms with Crippen LogP contribution in [0, 0.1) is 0 Å². The van der Waals surface area contributed by atoms with E-state index in [1.807, 2.05) is 66.5 Å². The molecule has 0 spiro atoms. The Morgan fingerprint density at radius 2 is 1.77 bits per heavy atom. The van der Waals surface area contributed by atoms with Gasteiger partial charge in [0.1, 0.15) is 5.75 Å². The summed E-state index contributed by atoms with van der Waals surface area (Å²) in [5.74, 6) is 0.638. The zero-order chi connectivity index (χ0) is 15.8. The van der Waals surface area contributed by atoms with Gasteiger partial charge in [0, 0.05) is 12.7 Å². The summed E-state index contributed by atoms with van der Waals surface area (Å²) in [6, 6.07) is 17.3. The molecule has 0 bridgehead atoms. The summed E-state index contributed by atoms with van der Waals surface area (Å²) in [6.45, 7) is 2.97. The lowest BCUT2D eigenvalue weighted by Crippen LogP contribution is -2.30. The van der Waals surface area contributed by atoms with Crippen LogP contribution in [0.1, 0.15) is 13.3 Å². The summed E-state index contributed by atoms with van der Waals surface area (Å²) in [6.07, 6.45) is 0.930. The van der Waals surface area contributed by atoms with Gasteiger partial charge in [-0.1, -0.05) is 37.3 Å². The summed E-state index contributed by atoms with van der Waals surface area (Å²) in [5, 5.41) is 2.91. The second-order valence-electron chi connectivity index (χ2n) is 5.08. The van der Waals surface area contributed by atoms with Gasteiger partial charge in [0.05, 0.1) is 18.8 Å². The van der Waals surface area contributed by atoms with Crippen LogP contribution in [0.15, 0.2) is 54.6 Å². The standard InChI is InChI=1S/C18H22N2O2/c1-3-13-22-17-12-8-7-11-16(17)19-18(21)14-20(2)15-9-5-4-6-10-15/h4-12H,3,13-14H2,1-2H3,(H,19,21). The number of carbonyl (C=O) groups is 1. The SMILES string of the molecule is CCCOc1ccccc1NC(=O)CN(C)c1ccccc1. The van der Waals surface area contributed by atoms with Crippen LogP contribution in [0.5, 0.6) is 5.75 Å². The van der Waals surface area contributed by atoms with Crippen molar-refractivity contribution in [2.45, 2.75) is 13.3 Å². The molecule has 4 nitrogen and oxygen atoms in total. The molecule has 2 aromatic rings. The van der Waals surface area contributed by atoms with Crippen LogP contribution in [0.2, 0.25) is 0 Å². The second kappa shape index (κ2) is 8.08. The van der Waals surface area contributed by atoms with E-state index in [4.69, 9.17) is 4.74 Å². The minimum atomic E-state index is -0.0705. The fourth-order valence-corrected chi connectivity index (χ4v) is 2.09. The summed E-state index contributed by atoms with van der Waals surface area (Å²) >= 11 is 0. The number of para-hydroxylation sites is 3. The van der Waals surface area contributed by atoms with E-state index in [0.29, 0.717) is 18.0 Å². The van der Waals surface area contributed by atoms with Crippen molar-refractivity contribution in [3.05, 3.63) is 54.6 Å². The predicted octanol–water partition coefficient (Wildman–Crippen LogP) is 3.55. The van der Waals surface area contributed by atoms with Crippen molar-refractivity contribution in [2.24, 2.45) is 0 Å². The molecule has 2 rings (SSSR count). The highest BCUT2D eigenvalue weighted by molar-refractivity contribution is 5.95. The van der Waals surface area contributed by atoms with Gasteiger partial charge in [-0.2, -0.15) is 0 Å². The zero-order valence-electron chi connectivity index (χ0n) is 13.1. The summed E-state index contributed by atoms with van der Waals surface area (Å²) in [5.41, 5.74) is 1.72. The van der Waals surface area contributed by atoms with Crippen LogP contribution in [-0.2, 0) is 4.79 Å². The highest BCUT2D eigenvalue weighted by Gasteiger charge is 2.10. The van der Waals surface area contributed by atoms with Crippen molar-refractivity contribution in [3.8, 4) is 5.75 Å². The van der Waals surface area contributed by atoms with E-state index < -0.39 is 0 Å². The summed E-state index contributed by atoms with van der Waals surface area (Å²) in [7, 11) is 1.90. The molecule has 0 aliphatic rings. The van der Waals surface area contributed by atoms with E-state index in [-0.39, 0.29) is 12.5 Å². The third-order valence-corrected chi connectivity index (χ3v) is 3.20. The van der Waals surface area contributed by atoms with E-state index >= 15 is 0 Å². The van der Waals surface area contributed by atoms with Gasteiger partial charge in [-0.3, -0.25) is 4.79 Å². The quantitative estimate of drug-likeness (QED) is 0.850. The minimum Gasteiger partial charge on any atom is -0.491 e. The molecular weight excluding hydrogens is 276 g/mol. The Balaban J connectivity index is 1.97. The third-order valence-electron chi connectivity index (χ3n) is 3.20. The maximum absolute atomic E-state index is 12.2. The lowest BCUT2D eigenvalue weighted by molar-refractivity contribution is -0.114. The number of nitrogens with one attached hydrogen (secondary N) is 1. The molecule has 0 radical (unpaired) electrons.